The van der Waals surface area contributed by atoms with E-state index in [2.05, 4.69) is 19.6 Å². The smallest absolute Gasteiger partial charge is 0.159 e. The van der Waals surface area contributed by atoms with Crippen molar-refractivity contribution in [1.29, 1.82) is 0 Å². The Morgan fingerprint density at radius 3 is 1.28 bits per heavy atom. The van der Waals surface area contributed by atoms with Crippen LogP contribution in [0.3, 0.4) is 0 Å². The molecule has 0 radical (unpaired) electrons. The predicted octanol–water partition coefficient (Wildman–Crippen LogP) is -0.0362. The first-order valence-corrected chi connectivity index (χ1v) is 12.5. The standard InChI is InChI=1S/C24H40N4O4/c1-31-17-23(21(29)19-3-7-27(23)8-4-19)15-25-11-13-26(14-12-25)16-24(18-32-2)22(30)20-5-9-28(24)10-6-20/h19-20H,3-18H2,1-2H3. The highest BCUT2D eigenvalue weighted by molar-refractivity contribution is 5.93. The van der Waals surface area contributed by atoms with Crippen molar-refractivity contribution in [2.45, 2.75) is 36.8 Å². The molecule has 8 heteroatoms. The summed E-state index contributed by atoms with van der Waals surface area (Å²) in [4.78, 5) is 36.3. The minimum absolute atomic E-state index is 0.215. The van der Waals surface area contributed by atoms with Gasteiger partial charge >= 0.3 is 0 Å². The van der Waals surface area contributed by atoms with Gasteiger partial charge in [-0.25, -0.2) is 0 Å². The van der Waals surface area contributed by atoms with E-state index in [-0.39, 0.29) is 11.8 Å². The van der Waals surface area contributed by atoms with Gasteiger partial charge in [0.15, 0.2) is 11.6 Å². The summed E-state index contributed by atoms with van der Waals surface area (Å²) in [5, 5.41) is 0. The molecule has 0 saturated carbocycles. The number of piperidine rings is 6. The maximum atomic E-state index is 13.3. The van der Waals surface area contributed by atoms with Crippen LogP contribution < -0.4 is 0 Å². The highest BCUT2D eigenvalue weighted by Gasteiger charge is 2.55. The summed E-state index contributed by atoms with van der Waals surface area (Å²) >= 11 is 0. The minimum Gasteiger partial charge on any atom is -0.382 e. The topological polar surface area (TPSA) is 65.6 Å². The average molecular weight is 449 g/mol. The van der Waals surface area contributed by atoms with Crippen molar-refractivity contribution in [3.05, 3.63) is 0 Å². The highest BCUT2D eigenvalue weighted by Crippen LogP contribution is 2.39. The van der Waals surface area contributed by atoms with Gasteiger partial charge in [0, 0.05) is 65.3 Å². The molecule has 8 nitrogen and oxygen atoms in total. The first kappa shape index (κ1) is 22.9. The van der Waals surface area contributed by atoms with Crippen molar-refractivity contribution < 1.29 is 19.1 Å². The third kappa shape index (κ3) is 3.67. The van der Waals surface area contributed by atoms with Crippen molar-refractivity contribution in [1.82, 2.24) is 19.6 Å². The second-order valence-corrected chi connectivity index (χ2v) is 10.7. The molecule has 0 aromatic rings. The van der Waals surface area contributed by atoms with Crippen molar-refractivity contribution in [3.8, 4) is 0 Å². The van der Waals surface area contributed by atoms with Gasteiger partial charge in [-0.15, -0.1) is 0 Å². The maximum Gasteiger partial charge on any atom is 0.159 e. The second kappa shape index (κ2) is 9.04. The molecule has 0 aromatic heterocycles. The van der Waals surface area contributed by atoms with E-state index in [1.54, 1.807) is 14.2 Å². The first-order valence-electron chi connectivity index (χ1n) is 12.5. The van der Waals surface area contributed by atoms with Crippen molar-refractivity contribution in [2.24, 2.45) is 11.8 Å². The van der Waals surface area contributed by atoms with Crippen LogP contribution in [0.4, 0.5) is 0 Å². The molecule has 0 aliphatic carbocycles. The molecule has 7 aliphatic heterocycles. The van der Waals surface area contributed by atoms with Crippen LogP contribution in [0, 0.1) is 11.8 Å². The Morgan fingerprint density at radius 2 is 1.00 bits per heavy atom. The molecule has 0 amide bonds. The molecule has 2 unspecified atom stereocenters. The molecule has 2 atom stereocenters. The summed E-state index contributed by atoms with van der Waals surface area (Å²) in [5.74, 6) is 1.23. The van der Waals surface area contributed by atoms with Gasteiger partial charge in [0.05, 0.1) is 13.2 Å². The number of Topliss-reactive ketones (excluding diaryl/α,β-unsaturated/α-hetero) is 2. The number of carbonyl (C=O) groups is 2. The van der Waals surface area contributed by atoms with Gasteiger partial charge in [-0.3, -0.25) is 29.2 Å². The fourth-order valence-electron chi connectivity index (χ4n) is 7.31. The molecule has 7 heterocycles. The van der Waals surface area contributed by atoms with Crippen LogP contribution in [-0.2, 0) is 19.1 Å². The number of rotatable bonds is 8. The van der Waals surface area contributed by atoms with E-state index >= 15 is 0 Å². The summed E-state index contributed by atoms with van der Waals surface area (Å²) < 4.78 is 11.2. The third-order valence-corrected chi connectivity index (χ3v) is 9.06. The predicted molar refractivity (Wildman–Crippen MR) is 121 cm³/mol. The molecule has 0 aromatic carbocycles. The Kier molecular flexibility index (Phi) is 6.46. The Hall–Kier alpha value is -0.900. The average Bonchev–Trinajstić information content (AvgIpc) is 2.82. The Labute approximate surface area is 192 Å². The van der Waals surface area contributed by atoms with Crippen molar-refractivity contribution in [2.75, 3.05) is 92.9 Å². The number of nitrogens with zero attached hydrogens (tertiary/aromatic N) is 4. The molecule has 7 saturated heterocycles. The van der Waals surface area contributed by atoms with E-state index in [4.69, 9.17) is 9.47 Å². The third-order valence-electron chi connectivity index (χ3n) is 9.06. The van der Waals surface area contributed by atoms with Crippen LogP contribution in [0.2, 0.25) is 0 Å². The fourth-order valence-corrected chi connectivity index (χ4v) is 7.31. The Morgan fingerprint density at radius 1 is 0.656 bits per heavy atom. The lowest BCUT2D eigenvalue weighted by Gasteiger charge is -2.55. The Bertz CT molecular complexity index is 651. The lowest BCUT2D eigenvalue weighted by Crippen LogP contribution is -2.73. The second-order valence-electron chi connectivity index (χ2n) is 10.7. The van der Waals surface area contributed by atoms with Gasteiger partial charge in [0.2, 0.25) is 0 Å². The van der Waals surface area contributed by atoms with Crippen LogP contribution in [0.15, 0.2) is 0 Å². The monoisotopic (exact) mass is 448 g/mol. The van der Waals surface area contributed by atoms with Crippen LogP contribution in [-0.4, -0.2) is 135 Å². The van der Waals surface area contributed by atoms with Gasteiger partial charge in [-0.2, -0.15) is 0 Å². The molecule has 7 rings (SSSR count). The number of methoxy groups -OCH3 is 2. The number of ketones is 2. The maximum absolute atomic E-state index is 13.3. The van der Waals surface area contributed by atoms with E-state index in [0.717, 1.165) is 91.1 Å². The number of hydrogen-bond donors (Lipinski definition) is 0. The molecule has 7 aliphatic rings. The normalized spacial score (nSPS) is 42.7. The lowest BCUT2D eigenvalue weighted by molar-refractivity contribution is -0.159. The van der Waals surface area contributed by atoms with E-state index in [1.165, 1.54) is 0 Å². The van der Waals surface area contributed by atoms with E-state index < -0.39 is 11.1 Å². The largest absolute Gasteiger partial charge is 0.382 e. The number of ether oxygens (including phenoxy) is 2. The van der Waals surface area contributed by atoms with Gasteiger partial charge < -0.3 is 9.47 Å². The molecule has 4 bridgehead atoms. The van der Waals surface area contributed by atoms with Crippen molar-refractivity contribution in [3.63, 3.8) is 0 Å². The molecule has 0 N–H and O–H groups in total. The van der Waals surface area contributed by atoms with Gasteiger partial charge in [0.1, 0.15) is 11.1 Å². The minimum atomic E-state index is -0.473. The Balaban J connectivity index is 1.23. The quantitative estimate of drug-likeness (QED) is 0.513. The van der Waals surface area contributed by atoms with Crippen LogP contribution in [0.1, 0.15) is 25.7 Å². The fraction of sp³-hybridized carbons (Fsp3) is 0.917. The molecule has 7 fully saturated rings. The number of carbonyl (C=O) groups excluding carboxylic acids is 2. The summed E-state index contributed by atoms with van der Waals surface area (Å²) in [5.41, 5.74) is -0.945. The SMILES string of the molecule is COCC1(CN2CCN(CC3(COC)C(=O)C4CCN3CC4)CC2)C(=O)C2CCN1CC2. The molecular formula is C24H40N4O4. The van der Waals surface area contributed by atoms with Gasteiger partial charge in [-0.05, 0) is 51.9 Å². The van der Waals surface area contributed by atoms with E-state index in [1.807, 2.05) is 0 Å². The summed E-state index contributed by atoms with van der Waals surface area (Å²) in [6.07, 6.45) is 4.02. The number of fused-ring (bicyclic) bond motifs is 6. The molecule has 32 heavy (non-hydrogen) atoms. The van der Waals surface area contributed by atoms with Crippen molar-refractivity contribution >= 4 is 11.6 Å². The van der Waals surface area contributed by atoms with E-state index in [0.29, 0.717) is 24.8 Å². The van der Waals surface area contributed by atoms with Crippen LogP contribution in [0.5, 0.6) is 0 Å². The molecule has 0 spiro atoms. The molecular weight excluding hydrogens is 408 g/mol. The van der Waals surface area contributed by atoms with Crippen LogP contribution >= 0.6 is 0 Å². The molecule has 180 valence electrons. The van der Waals surface area contributed by atoms with Gasteiger partial charge in [-0.1, -0.05) is 0 Å². The van der Waals surface area contributed by atoms with E-state index in [9.17, 15) is 9.59 Å². The summed E-state index contributed by atoms with van der Waals surface area (Å²) in [6.45, 7) is 10.3. The number of hydrogen-bond acceptors (Lipinski definition) is 8. The van der Waals surface area contributed by atoms with Gasteiger partial charge in [0.25, 0.3) is 0 Å². The number of piperazine rings is 1. The zero-order chi connectivity index (χ0) is 22.3. The highest BCUT2D eigenvalue weighted by atomic mass is 16.5. The first-order chi connectivity index (χ1) is 15.5. The summed E-state index contributed by atoms with van der Waals surface area (Å²) in [7, 11) is 3.44. The lowest BCUT2D eigenvalue weighted by atomic mass is 9.73. The summed E-state index contributed by atoms with van der Waals surface area (Å²) in [6, 6.07) is 0. The zero-order valence-electron chi connectivity index (χ0n) is 19.9. The zero-order valence-corrected chi connectivity index (χ0v) is 19.9. The van der Waals surface area contributed by atoms with Crippen LogP contribution in [0.25, 0.3) is 0 Å².